The SMILES string of the molecule is CC(C)c1ccc2c(c1)c1cc(C(C)C)ccc1n2-c1c(-c2ccc(C(C)(C)C)cc2)c(-n2c3ccc(C(C)C)cc3c3cc(C(C)C)ccc32)c(-n2c3ccccc3c3ccc4c5ccccc5sc4c32)c(C#N)c1-n1c2ccccc2c2ccc3c4ccccc4sc3c21. The van der Waals surface area contributed by atoms with Crippen molar-refractivity contribution in [1.82, 2.24) is 18.3 Å². The Bertz CT molecular complexity index is 5900. The van der Waals surface area contributed by atoms with Gasteiger partial charge in [0.1, 0.15) is 11.6 Å². The van der Waals surface area contributed by atoms with E-state index in [1.165, 1.54) is 89.7 Å². The van der Waals surface area contributed by atoms with Gasteiger partial charge in [0.25, 0.3) is 0 Å². The van der Waals surface area contributed by atoms with Gasteiger partial charge in [-0.2, -0.15) is 5.26 Å². The van der Waals surface area contributed by atoms with Crippen molar-refractivity contribution in [2.45, 2.75) is 105 Å². The van der Waals surface area contributed by atoms with Crippen LogP contribution in [-0.2, 0) is 5.41 Å². The van der Waals surface area contributed by atoms with Crippen LogP contribution in [0.2, 0.25) is 0 Å². The maximum Gasteiger partial charge on any atom is 0.104 e. The zero-order chi connectivity index (χ0) is 65.5. The molecule has 0 saturated heterocycles. The molecule has 0 spiro atoms. The van der Waals surface area contributed by atoms with Crippen molar-refractivity contribution in [3.8, 4) is 39.9 Å². The van der Waals surface area contributed by atoms with Crippen LogP contribution in [0, 0.1) is 11.3 Å². The minimum atomic E-state index is -0.146. The van der Waals surface area contributed by atoms with E-state index >= 15 is 0 Å². The van der Waals surface area contributed by atoms with Crippen LogP contribution >= 0.6 is 22.7 Å². The van der Waals surface area contributed by atoms with E-state index in [-0.39, 0.29) is 29.1 Å². The number of aromatic nitrogens is 4. The van der Waals surface area contributed by atoms with Gasteiger partial charge < -0.3 is 18.3 Å². The summed E-state index contributed by atoms with van der Waals surface area (Å²) in [6.45, 7) is 25.4. The molecule has 0 radical (unpaired) electrons. The number of para-hydroxylation sites is 2. The molecule has 0 N–H and O–H groups in total. The first-order valence-electron chi connectivity index (χ1n) is 34.2. The Morgan fingerprint density at radius 3 is 1.01 bits per heavy atom. The highest BCUT2D eigenvalue weighted by Crippen LogP contribution is 2.55. The van der Waals surface area contributed by atoms with E-state index in [9.17, 15) is 5.26 Å². The Morgan fingerprint density at radius 2 is 0.656 bits per heavy atom. The van der Waals surface area contributed by atoms with E-state index in [1.807, 2.05) is 22.7 Å². The second kappa shape index (κ2) is 21.4. The molecular formula is C89H73N5S2. The third-order valence-electron chi connectivity index (χ3n) is 21.1. The van der Waals surface area contributed by atoms with Gasteiger partial charge in [0.15, 0.2) is 0 Å². The lowest BCUT2D eigenvalue weighted by Crippen LogP contribution is -2.16. The lowest BCUT2D eigenvalue weighted by atomic mass is 9.85. The zero-order valence-corrected chi connectivity index (χ0v) is 57.8. The Labute approximate surface area is 566 Å². The maximum absolute atomic E-state index is 13.7. The summed E-state index contributed by atoms with van der Waals surface area (Å²) < 4.78 is 15.1. The van der Waals surface area contributed by atoms with Crippen LogP contribution in [0.1, 0.15) is 133 Å². The summed E-state index contributed by atoms with van der Waals surface area (Å²) in [5, 5.41) is 27.8. The van der Waals surface area contributed by atoms with E-state index in [0.29, 0.717) is 5.56 Å². The molecule has 18 aromatic rings. The monoisotopic (exact) mass is 1280 g/mol. The predicted octanol–water partition coefficient (Wildman–Crippen LogP) is 26.1. The zero-order valence-electron chi connectivity index (χ0n) is 56.1. The fourth-order valence-corrected chi connectivity index (χ4v) is 18.5. The first-order valence-corrected chi connectivity index (χ1v) is 35.8. The van der Waals surface area contributed by atoms with Crippen molar-refractivity contribution in [3.05, 3.63) is 252 Å². The second-order valence-electron chi connectivity index (χ2n) is 29.1. The number of rotatable bonds is 9. The largest absolute Gasteiger partial charge is 0.306 e. The van der Waals surface area contributed by atoms with Crippen LogP contribution in [0.4, 0.5) is 0 Å². The van der Waals surface area contributed by atoms with Crippen molar-refractivity contribution >= 4 is 150 Å². The summed E-state index contributed by atoms with van der Waals surface area (Å²) in [4.78, 5) is 0. The van der Waals surface area contributed by atoms with E-state index in [4.69, 9.17) is 0 Å². The van der Waals surface area contributed by atoms with Crippen molar-refractivity contribution < 1.29 is 0 Å². The van der Waals surface area contributed by atoms with Crippen molar-refractivity contribution in [3.63, 3.8) is 0 Å². The number of benzene rings is 12. The number of fused-ring (bicyclic) bond motifs is 20. The summed E-state index contributed by atoms with van der Waals surface area (Å²) >= 11 is 3.70. The summed E-state index contributed by atoms with van der Waals surface area (Å²) in [5.41, 5.74) is 20.9. The standard InChI is InChI=1S/C89H73N5S2/c1-49(2)54-30-40-74-67(44-54)68-45-55(50(3)4)31-41-75(68)91(74)85-80(53-28-34-58(35-29-53)89(9,10)11)86(92-76-42-32-56(51(5)6)46-69(76)70-47-57(52(7)8)33-43-77(70)92)82(94-73-25-17-13-21-60(73)64-37-39-66-62-23-15-19-27-79(62)96-88(66)84(64)94)71(48-90)81(85)93-72-24-16-12-20-59(72)63-36-38-65-61-22-14-18-26-78(61)95-87(65)83(63)93/h12-47,49-52H,1-11H3. The molecular weight excluding hydrogens is 1200 g/mol. The van der Waals surface area contributed by atoms with E-state index < -0.39 is 0 Å². The molecule has 7 heteroatoms. The lowest BCUT2D eigenvalue weighted by Gasteiger charge is -2.30. The number of nitrogens with zero attached hydrogens (tertiary/aromatic N) is 5. The summed E-state index contributed by atoms with van der Waals surface area (Å²) in [6.07, 6.45) is 0. The fraction of sp³-hybridized carbons (Fsp3) is 0.180. The smallest absolute Gasteiger partial charge is 0.104 e. The van der Waals surface area contributed by atoms with Crippen molar-refractivity contribution in [2.75, 3.05) is 0 Å². The predicted molar refractivity (Wildman–Crippen MR) is 415 cm³/mol. The lowest BCUT2D eigenvalue weighted by molar-refractivity contribution is 0.590. The van der Waals surface area contributed by atoms with Gasteiger partial charge in [-0.05, 0) is 135 Å². The first-order chi connectivity index (χ1) is 46.6. The molecule has 6 heterocycles. The molecule has 0 fully saturated rings. The van der Waals surface area contributed by atoms with Crippen LogP contribution in [0.3, 0.4) is 0 Å². The van der Waals surface area contributed by atoms with Gasteiger partial charge >= 0.3 is 0 Å². The average Bonchev–Trinajstić information content (AvgIpc) is 1.47. The topological polar surface area (TPSA) is 43.5 Å². The van der Waals surface area contributed by atoms with Gasteiger partial charge in [-0.15, -0.1) is 22.7 Å². The molecule has 96 heavy (non-hydrogen) atoms. The molecule has 12 aromatic carbocycles. The summed E-state index contributed by atoms with van der Waals surface area (Å²) in [5.74, 6) is 1.14. The highest BCUT2D eigenvalue weighted by molar-refractivity contribution is 7.27. The minimum Gasteiger partial charge on any atom is -0.306 e. The van der Waals surface area contributed by atoms with E-state index in [2.05, 4.69) is 319 Å². The second-order valence-corrected chi connectivity index (χ2v) is 31.2. The van der Waals surface area contributed by atoms with Crippen LogP contribution < -0.4 is 0 Å². The van der Waals surface area contributed by atoms with E-state index in [0.717, 1.165) is 99.6 Å². The van der Waals surface area contributed by atoms with Crippen LogP contribution in [0.5, 0.6) is 0 Å². The first kappa shape index (κ1) is 58.4. The molecule has 0 aliphatic heterocycles. The van der Waals surface area contributed by atoms with Gasteiger partial charge in [0, 0.05) is 79.6 Å². The third kappa shape index (κ3) is 8.38. The third-order valence-corrected chi connectivity index (χ3v) is 23.5. The number of thiophene rings is 2. The molecule has 0 bridgehead atoms. The number of hydrogen-bond donors (Lipinski definition) is 0. The molecule has 466 valence electrons. The van der Waals surface area contributed by atoms with Gasteiger partial charge in [0.2, 0.25) is 0 Å². The number of hydrogen-bond acceptors (Lipinski definition) is 3. The average molecular weight is 1280 g/mol. The minimum absolute atomic E-state index is 0.146. The molecule has 0 unspecified atom stereocenters. The van der Waals surface area contributed by atoms with Gasteiger partial charge in [0.05, 0.1) is 76.3 Å². The highest BCUT2D eigenvalue weighted by Gasteiger charge is 2.37. The molecule has 0 aliphatic carbocycles. The molecule has 6 aromatic heterocycles. The molecule has 18 rings (SSSR count). The van der Waals surface area contributed by atoms with Gasteiger partial charge in [-0.25, -0.2) is 0 Å². The Hall–Kier alpha value is -10.2. The summed E-state index contributed by atoms with van der Waals surface area (Å²) in [6, 6.07) is 86.7. The van der Waals surface area contributed by atoms with Crippen LogP contribution in [-0.4, -0.2) is 18.3 Å². The van der Waals surface area contributed by atoms with Gasteiger partial charge in [-0.1, -0.05) is 222 Å². The molecule has 0 aliphatic rings. The molecule has 0 atom stereocenters. The maximum atomic E-state index is 13.7. The van der Waals surface area contributed by atoms with Crippen LogP contribution in [0.25, 0.3) is 161 Å². The Kier molecular flexibility index (Phi) is 13.0. The Balaban J connectivity index is 1.20. The fourth-order valence-electron chi connectivity index (χ4n) is 16.0. The van der Waals surface area contributed by atoms with E-state index in [1.54, 1.807) is 0 Å². The normalized spacial score (nSPS) is 12.7. The van der Waals surface area contributed by atoms with Crippen molar-refractivity contribution in [1.29, 1.82) is 5.26 Å². The molecule has 0 amide bonds. The molecule has 0 saturated carbocycles. The van der Waals surface area contributed by atoms with Gasteiger partial charge in [-0.3, -0.25) is 0 Å². The van der Waals surface area contributed by atoms with Crippen molar-refractivity contribution in [2.24, 2.45) is 0 Å². The Morgan fingerprint density at radius 1 is 0.323 bits per heavy atom. The quantitative estimate of drug-likeness (QED) is 0.142. The van der Waals surface area contributed by atoms with Crippen LogP contribution in [0.15, 0.2) is 218 Å². The highest BCUT2D eigenvalue weighted by atomic mass is 32.1. The summed E-state index contributed by atoms with van der Waals surface area (Å²) in [7, 11) is 0. The molecule has 5 nitrogen and oxygen atoms in total. The number of nitriles is 1.